The van der Waals surface area contributed by atoms with Gasteiger partial charge in [0.05, 0.1) is 11.0 Å². The van der Waals surface area contributed by atoms with E-state index in [9.17, 15) is 19.8 Å². The number of ketones is 2. The normalized spacial score (nSPS) is 25.5. The number of aromatic hydroxyl groups is 1. The van der Waals surface area contributed by atoms with Crippen LogP contribution in [-0.2, 0) is 9.59 Å². The van der Waals surface area contributed by atoms with E-state index in [0.29, 0.717) is 28.9 Å². The second kappa shape index (κ2) is 9.14. The van der Waals surface area contributed by atoms with Gasteiger partial charge in [-0.3, -0.25) is 9.59 Å². The van der Waals surface area contributed by atoms with E-state index in [1.165, 1.54) is 6.08 Å². The van der Waals surface area contributed by atoms with Crippen LogP contribution in [0.1, 0.15) is 71.9 Å². The van der Waals surface area contributed by atoms with Gasteiger partial charge in [0, 0.05) is 17.4 Å². The molecule has 196 valence electrons. The topological polar surface area (TPSA) is 83.8 Å². The summed E-state index contributed by atoms with van der Waals surface area (Å²) in [6.07, 6.45) is 7.29. The molecular formula is C30H42O5Si. The minimum Gasteiger partial charge on any atom is -0.543 e. The summed E-state index contributed by atoms with van der Waals surface area (Å²) in [6.45, 7) is 19.6. The zero-order valence-corrected chi connectivity index (χ0v) is 24.4. The molecule has 0 amide bonds. The van der Waals surface area contributed by atoms with Gasteiger partial charge in [-0.1, -0.05) is 44.6 Å². The van der Waals surface area contributed by atoms with Crippen LogP contribution in [0, 0.1) is 18.3 Å². The maximum Gasteiger partial charge on any atom is 0.250 e. The molecule has 0 saturated heterocycles. The number of carbonyl (C=O) groups is 2. The van der Waals surface area contributed by atoms with Crippen molar-refractivity contribution in [3.05, 3.63) is 58.7 Å². The average molecular weight is 511 g/mol. The number of aliphatic hydroxyl groups is 1. The van der Waals surface area contributed by atoms with E-state index < -0.39 is 31.2 Å². The average Bonchev–Trinajstić information content (AvgIpc) is 2.71. The molecule has 0 spiro atoms. The van der Waals surface area contributed by atoms with Gasteiger partial charge in [0.25, 0.3) is 0 Å². The molecule has 6 heteroatoms. The fraction of sp³-hybridized carbons (Fsp3) is 0.533. The minimum atomic E-state index is -2.28. The van der Waals surface area contributed by atoms with E-state index >= 15 is 0 Å². The van der Waals surface area contributed by atoms with Crippen LogP contribution in [0.2, 0.25) is 18.1 Å². The first-order chi connectivity index (χ1) is 16.3. The Balaban J connectivity index is 2.36. The van der Waals surface area contributed by atoms with Crippen LogP contribution < -0.4 is 4.43 Å². The lowest BCUT2D eigenvalue weighted by Crippen LogP contribution is -2.50. The van der Waals surface area contributed by atoms with Gasteiger partial charge >= 0.3 is 0 Å². The molecule has 0 unspecified atom stereocenters. The predicted molar refractivity (Wildman–Crippen MR) is 147 cm³/mol. The van der Waals surface area contributed by atoms with Crippen molar-refractivity contribution in [2.45, 2.75) is 91.5 Å². The van der Waals surface area contributed by atoms with E-state index in [2.05, 4.69) is 33.9 Å². The number of benzene rings is 1. The Morgan fingerprint density at radius 2 is 1.69 bits per heavy atom. The third kappa shape index (κ3) is 5.03. The van der Waals surface area contributed by atoms with Crippen LogP contribution >= 0.6 is 0 Å². The molecule has 0 aliphatic heterocycles. The summed E-state index contributed by atoms with van der Waals surface area (Å²) in [5.41, 5.74) is 0.422. The van der Waals surface area contributed by atoms with Crippen LogP contribution in [0.5, 0.6) is 11.5 Å². The summed E-state index contributed by atoms with van der Waals surface area (Å²) >= 11 is 0. The van der Waals surface area contributed by atoms with Crippen molar-refractivity contribution in [2.24, 2.45) is 11.3 Å². The van der Waals surface area contributed by atoms with E-state index in [1.54, 1.807) is 39.0 Å². The molecule has 2 aliphatic rings. The number of carbonyl (C=O) groups excluding carboxylic acids is 2. The summed E-state index contributed by atoms with van der Waals surface area (Å²) in [6, 6.07) is 3.54. The first kappa shape index (κ1) is 28.1. The molecule has 0 saturated carbocycles. The first-order valence-corrected chi connectivity index (χ1v) is 15.6. The summed E-state index contributed by atoms with van der Waals surface area (Å²) < 4.78 is 6.79. The molecule has 2 aliphatic carbocycles. The van der Waals surface area contributed by atoms with Gasteiger partial charge < -0.3 is 14.6 Å². The highest BCUT2D eigenvalue weighted by atomic mass is 28.4. The summed E-state index contributed by atoms with van der Waals surface area (Å²) in [5, 5.41) is 21.3. The summed E-state index contributed by atoms with van der Waals surface area (Å²) in [4.78, 5) is 27.4. The maximum absolute atomic E-state index is 13.9. The third-order valence-electron chi connectivity index (χ3n) is 8.15. The van der Waals surface area contributed by atoms with Crippen molar-refractivity contribution >= 4 is 19.9 Å². The Bertz CT molecular complexity index is 1170. The highest BCUT2D eigenvalue weighted by molar-refractivity contribution is 6.74. The number of phenolic OH excluding ortho intramolecular Hbond substituents is 1. The minimum absolute atomic E-state index is 0.0596. The highest BCUT2D eigenvalue weighted by Gasteiger charge is 2.56. The fourth-order valence-corrected chi connectivity index (χ4v) is 5.97. The smallest absolute Gasteiger partial charge is 0.250 e. The largest absolute Gasteiger partial charge is 0.543 e. The standard InChI is InChI=1S/C30H42O5Si/c1-18-13-22(21-17-24(31)19(2)15-25(21)35-36(9,10)28(4,5)6)30(12-11-29(7,8)34)23(14-18)27(33)20(3)16-26(30)32/h11-13,15-17,22-23,31,34H,14H2,1-10H3/t22-,23+,30+/m1/s1. The van der Waals surface area contributed by atoms with E-state index in [-0.39, 0.29) is 22.4 Å². The Hall–Kier alpha value is -2.44. The predicted octanol–water partition coefficient (Wildman–Crippen LogP) is 6.55. The number of rotatable bonds is 5. The Labute approximate surface area is 217 Å². The molecule has 2 N–H and O–H groups in total. The molecule has 0 bridgehead atoms. The second-order valence-electron chi connectivity index (χ2n) is 12.8. The van der Waals surface area contributed by atoms with Crippen LogP contribution in [0.4, 0.5) is 0 Å². The molecule has 1 aromatic carbocycles. The van der Waals surface area contributed by atoms with Crippen molar-refractivity contribution < 1.29 is 24.2 Å². The van der Waals surface area contributed by atoms with Crippen LogP contribution in [0.3, 0.4) is 0 Å². The number of phenols is 1. The van der Waals surface area contributed by atoms with E-state index in [0.717, 1.165) is 5.57 Å². The molecule has 0 radical (unpaired) electrons. The number of Topliss-reactive ketones (excluding diaryl/α,β-unsaturated/α-hetero) is 1. The van der Waals surface area contributed by atoms with Crippen molar-refractivity contribution in [2.75, 3.05) is 0 Å². The molecule has 1 aromatic rings. The molecule has 5 nitrogen and oxygen atoms in total. The summed E-state index contributed by atoms with van der Waals surface area (Å²) in [7, 11) is -2.28. The number of hydrogen-bond donors (Lipinski definition) is 2. The molecule has 36 heavy (non-hydrogen) atoms. The molecule has 0 fully saturated rings. The van der Waals surface area contributed by atoms with Gasteiger partial charge in [0.2, 0.25) is 8.32 Å². The van der Waals surface area contributed by atoms with E-state index in [4.69, 9.17) is 4.43 Å². The lowest BCUT2D eigenvalue weighted by atomic mass is 9.53. The highest BCUT2D eigenvalue weighted by Crippen LogP contribution is 2.57. The van der Waals surface area contributed by atoms with Gasteiger partial charge in [0.15, 0.2) is 11.6 Å². The van der Waals surface area contributed by atoms with Crippen molar-refractivity contribution in [3.8, 4) is 11.5 Å². The second-order valence-corrected chi connectivity index (χ2v) is 17.5. The number of hydrogen-bond acceptors (Lipinski definition) is 5. The Morgan fingerprint density at radius 3 is 2.25 bits per heavy atom. The Morgan fingerprint density at radius 1 is 1.08 bits per heavy atom. The van der Waals surface area contributed by atoms with Gasteiger partial charge in [-0.2, -0.15) is 0 Å². The van der Waals surface area contributed by atoms with Gasteiger partial charge in [-0.15, -0.1) is 0 Å². The SMILES string of the molecule is CC1=C[C@H](c2cc(O)c(C)cc2O[Si](C)(C)C(C)(C)C)[C@]2(C=CC(C)(C)O)C(=O)C=C(C)C(=O)[C@@H]2C1. The van der Waals surface area contributed by atoms with Crippen LogP contribution in [-0.4, -0.2) is 35.7 Å². The zero-order chi connectivity index (χ0) is 27.4. The van der Waals surface area contributed by atoms with Gasteiger partial charge in [-0.25, -0.2) is 0 Å². The lowest BCUT2D eigenvalue weighted by molar-refractivity contribution is -0.135. The van der Waals surface area contributed by atoms with Crippen LogP contribution in [0.25, 0.3) is 0 Å². The van der Waals surface area contributed by atoms with E-state index in [1.807, 2.05) is 26.0 Å². The van der Waals surface area contributed by atoms with Crippen molar-refractivity contribution in [3.63, 3.8) is 0 Å². The number of fused-ring (bicyclic) bond motifs is 1. The Kier molecular flexibility index (Phi) is 7.14. The zero-order valence-electron chi connectivity index (χ0n) is 23.4. The number of allylic oxidation sites excluding steroid dienone is 5. The van der Waals surface area contributed by atoms with Crippen LogP contribution in [0.15, 0.2) is 47.6 Å². The first-order valence-electron chi connectivity index (χ1n) is 12.7. The third-order valence-corrected chi connectivity index (χ3v) is 12.5. The molecule has 3 rings (SSSR count). The molecule has 0 aromatic heterocycles. The number of aryl methyl sites for hydroxylation is 1. The van der Waals surface area contributed by atoms with Gasteiger partial charge in [-0.05, 0) is 88.5 Å². The maximum atomic E-state index is 13.9. The van der Waals surface area contributed by atoms with Crippen molar-refractivity contribution in [1.29, 1.82) is 0 Å². The molecular weight excluding hydrogens is 468 g/mol. The fourth-order valence-electron chi connectivity index (χ4n) is 4.94. The lowest BCUT2D eigenvalue weighted by Gasteiger charge is -2.47. The molecule has 3 atom stereocenters. The van der Waals surface area contributed by atoms with Gasteiger partial charge in [0.1, 0.15) is 11.5 Å². The molecule has 0 heterocycles. The van der Waals surface area contributed by atoms with Crippen molar-refractivity contribution in [1.82, 2.24) is 0 Å². The summed E-state index contributed by atoms with van der Waals surface area (Å²) in [5.74, 6) is -0.639. The quantitative estimate of drug-likeness (QED) is 0.347. The monoisotopic (exact) mass is 510 g/mol.